The topological polar surface area (TPSA) is 27.0 Å². The fourth-order valence-corrected chi connectivity index (χ4v) is 0.365. The summed E-state index contributed by atoms with van der Waals surface area (Å²) in [5, 5.41) is 0. The van der Waals surface area contributed by atoms with E-state index in [-0.39, 0.29) is 6.17 Å². The molecule has 0 rings (SSSR count). The minimum absolute atomic E-state index is 0.0139. The molecule has 2 nitrogen and oxygen atoms in total. The van der Waals surface area contributed by atoms with E-state index in [9.17, 15) is 0 Å². The Kier molecular flexibility index (Phi) is 2.96. The molecule has 0 bridgehead atoms. The van der Waals surface area contributed by atoms with Crippen molar-refractivity contribution >= 4 is 0 Å². The smallest absolute Gasteiger partial charge is 0.0721 e. The molecule has 0 aromatic carbocycles. The van der Waals surface area contributed by atoms with Gasteiger partial charge in [-0.05, 0) is 20.5 Å². The van der Waals surface area contributed by atoms with Gasteiger partial charge >= 0.3 is 0 Å². The van der Waals surface area contributed by atoms with Gasteiger partial charge in [-0.25, -0.2) is 5.73 Å². The molecular weight excluding hydrogens is 88.1 g/mol. The van der Waals surface area contributed by atoms with Crippen LogP contribution >= 0.6 is 0 Å². The summed E-state index contributed by atoms with van der Waals surface area (Å²) in [7, 11) is 3.84. The van der Waals surface area contributed by atoms with Gasteiger partial charge in [-0.3, -0.25) is 4.90 Å². The van der Waals surface area contributed by atoms with Crippen molar-refractivity contribution in [1.82, 2.24) is 10.6 Å². The van der Waals surface area contributed by atoms with Crippen LogP contribution in [0.2, 0.25) is 0 Å². The zero-order valence-corrected chi connectivity index (χ0v) is 5.23. The fraction of sp³-hybridized carbons (Fsp3) is 1.00. The predicted octanol–water partition coefficient (Wildman–Crippen LogP) is 0.567. The molecule has 0 aromatic rings. The summed E-state index contributed by atoms with van der Waals surface area (Å²) in [6.45, 7) is 2.01. The highest BCUT2D eigenvalue weighted by Gasteiger charge is 1.98. The number of nitrogens with one attached hydrogen (secondary N) is 1. The van der Waals surface area contributed by atoms with Crippen LogP contribution < -0.4 is 5.73 Å². The van der Waals surface area contributed by atoms with Crippen LogP contribution in [0.4, 0.5) is 0 Å². The normalized spacial score (nSPS) is 15.0. The summed E-state index contributed by atoms with van der Waals surface area (Å²) in [4.78, 5) is 1.89. The largest absolute Gasteiger partial charge is 0.293 e. The number of rotatable bonds is 2. The van der Waals surface area contributed by atoms with Gasteiger partial charge in [0.15, 0.2) is 0 Å². The van der Waals surface area contributed by atoms with Gasteiger partial charge in [-0.1, -0.05) is 6.92 Å². The second-order valence-electron chi connectivity index (χ2n) is 1.89. The molecule has 1 radical (unpaired) electrons. The summed E-state index contributed by atoms with van der Waals surface area (Å²) >= 11 is 0. The first-order chi connectivity index (χ1) is 3.18. The highest BCUT2D eigenvalue weighted by molar-refractivity contribution is 4.50. The zero-order valence-electron chi connectivity index (χ0n) is 5.23. The lowest BCUT2D eigenvalue weighted by Gasteiger charge is -2.15. The third-order valence-corrected chi connectivity index (χ3v) is 1.01. The third kappa shape index (κ3) is 2.60. The Morgan fingerprint density at radius 1 is 1.57 bits per heavy atom. The van der Waals surface area contributed by atoms with Gasteiger partial charge in [0.05, 0.1) is 6.17 Å². The second kappa shape index (κ2) is 2.99. The van der Waals surface area contributed by atoms with Crippen LogP contribution in [0.3, 0.4) is 0 Å². The first-order valence-electron chi connectivity index (χ1n) is 2.56. The molecule has 0 aliphatic heterocycles. The van der Waals surface area contributed by atoms with Crippen molar-refractivity contribution in [3.05, 3.63) is 0 Å². The van der Waals surface area contributed by atoms with E-state index in [0.717, 1.165) is 6.42 Å². The maximum Gasteiger partial charge on any atom is 0.0721 e. The van der Waals surface area contributed by atoms with Crippen LogP contribution in [0.25, 0.3) is 0 Å². The minimum Gasteiger partial charge on any atom is -0.293 e. The fourth-order valence-electron chi connectivity index (χ4n) is 0.365. The Hall–Kier alpha value is -0.0800. The molecule has 1 N–H and O–H groups in total. The average Bonchev–Trinajstić information content (AvgIpc) is 1.65. The standard InChI is InChI=1S/C5H13N2/c1-4-5(6)7(2)3/h5-6H,4H2,1-3H3. The van der Waals surface area contributed by atoms with Crippen LogP contribution in [-0.2, 0) is 0 Å². The van der Waals surface area contributed by atoms with Crippen molar-refractivity contribution in [3.63, 3.8) is 0 Å². The van der Waals surface area contributed by atoms with Crippen LogP contribution in [0.15, 0.2) is 0 Å². The molecule has 0 heterocycles. The highest BCUT2D eigenvalue weighted by Crippen LogP contribution is 1.89. The zero-order chi connectivity index (χ0) is 5.86. The van der Waals surface area contributed by atoms with Gasteiger partial charge in [-0.15, -0.1) is 0 Å². The van der Waals surface area contributed by atoms with Gasteiger partial charge in [0.2, 0.25) is 0 Å². The molecule has 0 saturated heterocycles. The summed E-state index contributed by atoms with van der Waals surface area (Å²) in [6, 6.07) is 0. The molecule has 0 amide bonds. The van der Waals surface area contributed by atoms with Crippen molar-refractivity contribution in [2.45, 2.75) is 19.5 Å². The van der Waals surface area contributed by atoms with Gasteiger partial charge < -0.3 is 0 Å². The van der Waals surface area contributed by atoms with E-state index in [4.69, 9.17) is 5.73 Å². The van der Waals surface area contributed by atoms with Crippen LogP contribution in [0, 0.1) is 0 Å². The Bertz CT molecular complexity index is 43.3. The van der Waals surface area contributed by atoms with E-state index in [0.29, 0.717) is 0 Å². The van der Waals surface area contributed by atoms with E-state index in [1.807, 2.05) is 25.9 Å². The Labute approximate surface area is 45.3 Å². The minimum atomic E-state index is -0.0139. The number of hydrogen-bond donors (Lipinski definition) is 0. The summed E-state index contributed by atoms with van der Waals surface area (Å²) in [5.41, 5.74) is 7.20. The molecule has 0 saturated carbocycles. The maximum atomic E-state index is 7.20. The summed E-state index contributed by atoms with van der Waals surface area (Å²) in [5.74, 6) is 0. The summed E-state index contributed by atoms with van der Waals surface area (Å²) in [6.07, 6.45) is 0.896. The molecule has 1 atom stereocenters. The van der Waals surface area contributed by atoms with Crippen molar-refractivity contribution < 1.29 is 0 Å². The van der Waals surface area contributed by atoms with Crippen LogP contribution in [-0.4, -0.2) is 25.2 Å². The molecular formula is C5H13N2. The van der Waals surface area contributed by atoms with E-state index in [1.165, 1.54) is 0 Å². The van der Waals surface area contributed by atoms with Gasteiger partial charge in [0, 0.05) is 0 Å². The molecule has 0 aliphatic rings. The molecule has 2 heteroatoms. The van der Waals surface area contributed by atoms with Crippen LogP contribution in [0.5, 0.6) is 0 Å². The first-order valence-corrected chi connectivity index (χ1v) is 2.56. The lowest BCUT2D eigenvalue weighted by atomic mass is 10.4. The quantitative estimate of drug-likeness (QED) is 0.499. The molecule has 1 unspecified atom stereocenters. The van der Waals surface area contributed by atoms with Gasteiger partial charge in [0.1, 0.15) is 0 Å². The van der Waals surface area contributed by atoms with Crippen molar-refractivity contribution in [2.24, 2.45) is 0 Å². The Morgan fingerprint density at radius 2 is 2.00 bits per heavy atom. The third-order valence-electron chi connectivity index (χ3n) is 1.01. The van der Waals surface area contributed by atoms with E-state index in [1.54, 1.807) is 0 Å². The molecule has 7 heavy (non-hydrogen) atoms. The lowest BCUT2D eigenvalue weighted by Crippen LogP contribution is -2.27. The van der Waals surface area contributed by atoms with E-state index >= 15 is 0 Å². The van der Waals surface area contributed by atoms with E-state index < -0.39 is 0 Å². The second-order valence-corrected chi connectivity index (χ2v) is 1.89. The Morgan fingerprint density at radius 3 is 2.00 bits per heavy atom. The number of hydrogen-bond acceptors (Lipinski definition) is 1. The van der Waals surface area contributed by atoms with E-state index in [2.05, 4.69) is 0 Å². The van der Waals surface area contributed by atoms with Gasteiger partial charge in [-0.2, -0.15) is 0 Å². The Balaban J connectivity index is 3.14. The van der Waals surface area contributed by atoms with Crippen molar-refractivity contribution in [1.29, 1.82) is 0 Å². The van der Waals surface area contributed by atoms with Crippen molar-refractivity contribution in [2.75, 3.05) is 14.1 Å². The van der Waals surface area contributed by atoms with Gasteiger partial charge in [0.25, 0.3) is 0 Å². The molecule has 0 aromatic heterocycles. The van der Waals surface area contributed by atoms with Crippen molar-refractivity contribution in [3.8, 4) is 0 Å². The molecule has 43 valence electrons. The number of nitrogens with zero attached hydrogens (tertiary/aromatic N) is 1. The highest BCUT2D eigenvalue weighted by atomic mass is 15.2. The predicted molar refractivity (Wildman–Crippen MR) is 30.9 cm³/mol. The van der Waals surface area contributed by atoms with Crippen LogP contribution in [0.1, 0.15) is 13.3 Å². The average molecular weight is 101 g/mol. The molecule has 0 aliphatic carbocycles. The lowest BCUT2D eigenvalue weighted by molar-refractivity contribution is 0.285. The molecule has 0 spiro atoms. The summed E-state index contributed by atoms with van der Waals surface area (Å²) < 4.78 is 0. The first kappa shape index (κ1) is 6.92. The molecule has 0 fully saturated rings. The monoisotopic (exact) mass is 101 g/mol. The SMILES string of the molecule is CCC([NH])N(C)C. The maximum absolute atomic E-state index is 7.20.